The molecule has 0 aliphatic heterocycles. The van der Waals surface area contributed by atoms with Crippen molar-refractivity contribution in [2.45, 2.75) is 6.04 Å². The van der Waals surface area contributed by atoms with E-state index in [-0.39, 0.29) is 5.75 Å². The fourth-order valence-electron chi connectivity index (χ4n) is 1.41. The molecule has 16 heavy (non-hydrogen) atoms. The molecule has 1 atom stereocenters. The summed E-state index contributed by atoms with van der Waals surface area (Å²) in [6, 6.07) is 3.39. The number of benzene rings is 1. The summed E-state index contributed by atoms with van der Waals surface area (Å²) >= 11 is 5.90. The van der Waals surface area contributed by atoms with Gasteiger partial charge < -0.3 is 5.32 Å². The van der Waals surface area contributed by atoms with Gasteiger partial charge in [0.05, 0.1) is 5.75 Å². The summed E-state index contributed by atoms with van der Waals surface area (Å²) in [5.41, 5.74) is 0.453. The number of nitrogens with one attached hydrogen (secondary N) is 1. The Balaban J connectivity index is 3.08. The molecule has 1 N–H and O–H groups in total. The van der Waals surface area contributed by atoms with Crippen LogP contribution >= 0.6 is 11.6 Å². The molecule has 0 spiro atoms. The standard InChI is InChI=1S/C10H13ClFNO2S/c1-13-10(6-16(2,14)15)8-5-7(12)3-4-9(8)11/h3-5,10,13H,6H2,1-2H3. The van der Waals surface area contributed by atoms with E-state index in [9.17, 15) is 12.8 Å². The smallest absolute Gasteiger partial charge is 0.149 e. The van der Waals surface area contributed by atoms with E-state index in [4.69, 9.17) is 11.6 Å². The minimum absolute atomic E-state index is 0.118. The monoisotopic (exact) mass is 265 g/mol. The van der Waals surface area contributed by atoms with Crippen molar-refractivity contribution in [3.05, 3.63) is 34.6 Å². The van der Waals surface area contributed by atoms with Crippen LogP contribution < -0.4 is 5.32 Å². The van der Waals surface area contributed by atoms with E-state index in [0.717, 1.165) is 6.26 Å². The first-order valence-corrected chi connectivity index (χ1v) is 7.07. The predicted molar refractivity (Wildman–Crippen MR) is 62.9 cm³/mol. The first-order chi connectivity index (χ1) is 7.33. The number of halogens is 2. The molecule has 1 unspecified atom stereocenters. The van der Waals surface area contributed by atoms with Gasteiger partial charge in [-0.1, -0.05) is 11.6 Å². The molecule has 1 rings (SSSR count). The molecule has 0 amide bonds. The van der Waals surface area contributed by atoms with Gasteiger partial charge in [-0.25, -0.2) is 12.8 Å². The van der Waals surface area contributed by atoms with Crippen molar-refractivity contribution in [1.29, 1.82) is 0 Å². The fourth-order valence-corrected chi connectivity index (χ4v) is 2.61. The van der Waals surface area contributed by atoms with Crippen LogP contribution in [0, 0.1) is 5.82 Å². The summed E-state index contributed by atoms with van der Waals surface area (Å²) < 4.78 is 35.4. The lowest BCUT2D eigenvalue weighted by Crippen LogP contribution is -2.25. The van der Waals surface area contributed by atoms with Crippen LogP contribution in [0.3, 0.4) is 0 Å². The van der Waals surface area contributed by atoms with E-state index in [1.165, 1.54) is 18.2 Å². The Morgan fingerprint density at radius 3 is 2.62 bits per heavy atom. The largest absolute Gasteiger partial charge is 0.312 e. The van der Waals surface area contributed by atoms with Crippen LogP contribution in [0.5, 0.6) is 0 Å². The van der Waals surface area contributed by atoms with Gasteiger partial charge in [-0.2, -0.15) is 0 Å². The molecule has 1 aromatic rings. The Hall–Kier alpha value is -0.650. The maximum absolute atomic E-state index is 13.0. The minimum Gasteiger partial charge on any atom is -0.312 e. The summed E-state index contributed by atoms with van der Waals surface area (Å²) in [7, 11) is -1.55. The fraction of sp³-hybridized carbons (Fsp3) is 0.400. The normalized spacial score (nSPS) is 13.8. The Labute approximate surface area is 99.5 Å². The molecule has 0 saturated heterocycles. The van der Waals surface area contributed by atoms with E-state index in [0.29, 0.717) is 10.6 Å². The average molecular weight is 266 g/mol. The summed E-state index contributed by atoms with van der Waals surface area (Å²) in [4.78, 5) is 0. The lowest BCUT2D eigenvalue weighted by atomic mass is 10.1. The third kappa shape index (κ3) is 3.73. The highest BCUT2D eigenvalue weighted by molar-refractivity contribution is 7.90. The van der Waals surface area contributed by atoms with Gasteiger partial charge in [0, 0.05) is 17.3 Å². The SMILES string of the molecule is CNC(CS(C)(=O)=O)c1cc(F)ccc1Cl. The quantitative estimate of drug-likeness (QED) is 0.903. The van der Waals surface area contributed by atoms with E-state index >= 15 is 0 Å². The van der Waals surface area contributed by atoms with Gasteiger partial charge in [0.15, 0.2) is 0 Å². The zero-order valence-corrected chi connectivity index (χ0v) is 10.6. The molecular formula is C10H13ClFNO2S. The van der Waals surface area contributed by atoms with Crippen molar-refractivity contribution in [1.82, 2.24) is 5.32 Å². The van der Waals surface area contributed by atoms with Crippen LogP contribution in [0.1, 0.15) is 11.6 Å². The summed E-state index contributed by atoms with van der Waals surface area (Å²) in [5.74, 6) is -0.555. The van der Waals surface area contributed by atoms with Gasteiger partial charge in [0.2, 0.25) is 0 Å². The third-order valence-corrected chi connectivity index (χ3v) is 3.43. The Morgan fingerprint density at radius 1 is 1.50 bits per heavy atom. The molecule has 0 radical (unpaired) electrons. The lowest BCUT2D eigenvalue weighted by molar-refractivity contribution is 0.575. The highest BCUT2D eigenvalue weighted by atomic mass is 35.5. The van der Waals surface area contributed by atoms with Crippen LogP contribution in [-0.4, -0.2) is 27.5 Å². The molecule has 90 valence electrons. The molecule has 0 bridgehead atoms. The zero-order chi connectivity index (χ0) is 12.3. The summed E-state index contributed by atoms with van der Waals surface area (Å²) in [6.07, 6.45) is 1.13. The Bertz CT molecular complexity index is 476. The van der Waals surface area contributed by atoms with Gasteiger partial charge in [0.1, 0.15) is 15.7 Å². The van der Waals surface area contributed by atoms with E-state index < -0.39 is 21.7 Å². The minimum atomic E-state index is -3.16. The van der Waals surface area contributed by atoms with E-state index in [2.05, 4.69) is 5.32 Å². The molecule has 0 aliphatic rings. The molecule has 6 heteroatoms. The molecule has 0 heterocycles. The number of hydrogen-bond donors (Lipinski definition) is 1. The zero-order valence-electron chi connectivity index (χ0n) is 9.00. The average Bonchev–Trinajstić information content (AvgIpc) is 2.17. The Morgan fingerprint density at radius 2 is 2.12 bits per heavy atom. The van der Waals surface area contributed by atoms with Gasteiger partial charge in [-0.15, -0.1) is 0 Å². The first-order valence-electron chi connectivity index (χ1n) is 4.63. The lowest BCUT2D eigenvalue weighted by Gasteiger charge is -2.16. The van der Waals surface area contributed by atoms with Crippen molar-refractivity contribution in [2.24, 2.45) is 0 Å². The van der Waals surface area contributed by atoms with Gasteiger partial charge >= 0.3 is 0 Å². The van der Waals surface area contributed by atoms with Gasteiger partial charge in [-0.05, 0) is 30.8 Å². The highest BCUT2D eigenvalue weighted by Gasteiger charge is 2.18. The van der Waals surface area contributed by atoms with Crippen molar-refractivity contribution in [3.8, 4) is 0 Å². The summed E-state index contributed by atoms with van der Waals surface area (Å²) in [6.45, 7) is 0. The van der Waals surface area contributed by atoms with Crippen LogP contribution in [-0.2, 0) is 9.84 Å². The molecule has 1 aromatic carbocycles. The number of hydrogen-bond acceptors (Lipinski definition) is 3. The first kappa shape index (κ1) is 13.4. The van der Waals surface area contributed by atoms with Crippen LogP contribution in [0.4, 0.5) is 4.39 Å². The van der Waals surface area contributed by atoms with Crippen LogP contribution in [0.2, 0.25) is 5.02 Å². The third-order valence-electron chi connectivity index (χ3n) is 2.15. The van der Waals surface area contributed by atoms with E-state index in [1.54, 1.807) is 7.05 Å². The van der Waals surface area contributed by atoms with Crippen molar-refractivity contribution >= 4 is 21.4 Å². The maximum Gasteiger partial charge on any atom is 0.149 e. The molecular weight excluding hydrogens is 253 g/mol. The Kier molecular flexibility index (Phi) is 4.29. The predicted octanol–water partition coefficient (Wildman–Crippen LogP) is 1.78. The van der Waals surface area contributed by atoms with Gasteiger partial charge in [0.25, 0.3) is 0 Å². The molecule has 0 fully saturated rings. The number of sulfone groups is 1. The van der Waals surface area contributed by atoms with Gasteiger partial charge in [-0.3, -0.25) is 0 Å². The second kappa shape index (κ2) is 5.12. The van der Waals surface area contributed by atoms with Crippen molar-refractivity contribution in [2.75, 3.05) is 19.1 Å². The van der Waals surface area contributed by atoms with E-state index in [1.807, 2.05) is 0 Å². The summed E-state index contributed by atoms with van der Waals surface area (Å²) in [5, 5.41) is 3.16. The molecule has 3 nitrogen and oxygen atoms in total. The number of rotatable bonds is 4. The second-order valence-electron chi connectivity index (χ2n) is 3.60. The van der Waals surface area contributed by atoms with Crippen LogP contribution in [0.15, 0.2) is 18.2 Å². The van der Waals surface area contributed by atoms with Crippen molar-refractivity contribution < 1.29 is 12.8 Å². The topological polar surface area (TPSA) is 46.2 Å². The molecule has 0 saturated carbocycles. The highest BCUT2D eigenvalue weighted by Crippen LogP contribution is 2.24. The maximum atomic E-state index is 13.0. The van der Waals surface area contributed by atoms with Crippen LogP contribution in [0.25, 0.3) is 0 Å². The van der Waals surface area contributed by atoms with Crippen molar-refractivity contribution in [3.63, 3.8) is 0 Å². The molecule has 0 aliphatic carbocycles. The second-order valence-corrected chi connectivity index (χ2v) is 6.19. The molecule has 0 aromatic heterocycles.